The van der Waals surface area contributed by atoms with Crippen LogP contribution in [0.2, 0.25) is 0 Å². The Kier molecular flexibility index (Phi) is 3.08. The summed E-state index contributed by atoms with van der Waals surface area (Å²) in [6.45, 7) is 0. The van der Waals surface area contributed by atoms with Gasteiger partial charge in [0, 0.05) is 23.0 Å². The van der Waals surface area contributed by atoms with Gasteiger partial charge in [-0.3, -0.25) is 4.98 Å². The van der Waals surface area contributed by atoms with Gasteiger partial charge in [-0.15, -0.1) is 11.8 Å². The first-order valence-corrected chi connectivity index (χ1v) is 6.02. The van der Waals surface area contributed by atoms with Gasteiger partial charge in [0.2, 0.25) is 0 Å². The van der Waals surface area contributed by atoms with E-state index in [0.717, 1.165) is 18.6 Å². The second-order valence-electron chi connectivity index (χ2n) is 3.90. The highest BCUT2D eigenvalue weighted by molar-refractivity contribution is 7.99. The molecule has 1 aromatic rings. The quantitative estimate of drug-likeness (QED) is 0.776. The molecule has 3 heteroatoms. The van der Waals surface area contributed by atoms with E-state index in [0.29, 0.717) is 0 Å². The van der Waals surface area contributed by atoms with Crippen molar-refractivity contribution in [2.24, 2.45) is 0 Å². The second-order valence-corrected chi connectivity index (χ2v) is 4.95. The molecule has 0 amide bonds. The zero-order valence-electron chi connectivity index (χ0n) is 8.15. The third-order valence-corrected chi connectivity index (χ3v) is 3.98. The van der Waals surface area contributed by atoms with Crippen molar-refractivity contribution in [3.8, 4) is 0 Å². The van der Waals surface area contributed by atoms with Crippen molar-refractivity contribution in [3.63, 3.8) is 0 Å². The Bertz CT molecular complexity index is 283. The van der Waals surface area contributed by atoms with Gasteiger partial charge >= 0.3 is 0 Å². The van der Waals surface area contributed by atoms with Crippen LogP contribution in [-0.4, -0.2) is 21.4 Å². The molecule has 0 aromatic carbocycles. The molecule has 0 aliphatic heterocycles. The summed E-state index contributed by atoms with van der Waals surface area (Å²) in [5, 5.41) is 10.1. The SMILES string of the molecule is OC1(CSc2ccncc2)CCCC1. The number of thioether (sulfide) groups is 1. The summed E-state index contributed by atoms with van der Waals surface area (Å²) in [4.78, 5) is 5.16. The van der Waals surface area contributed by atoms with Gasteiger partial charge in [0.15, 0.2) is 0 Å². The molecule has 0 spiro atoms. The highest BCUT2D eigenvalue weighted by Crippen LogP contribution is 2.34. The lowest BCUT2D eigenvalue weighted by Gasteiger charge is -2.21. The molecule has 1 aliphatic carbocycles. The number of hydrogen-bond acceptors (Lipinski definition) is 3. The zero-order chi connectivity index (χ0) is 9.86. The molecule has 1 heterocycles. The molecular weight excluding hydrogens is 194 g/mol. The van der Waals surface area contributed by atoms with Crippen LogP contribution in [0.4, 0.5) is 0 Å². The summed E-state index contributed by atoms with van der Waals surface area (Å²) in [5.41, 5.74) is -0.409. The van der Waals surface area contributed by atoms with E-state index in [1.807, 2.05) is 12.1 Å². The van der Waals surface area contributed by atoms with Crippen LogP contribution in [0.25, 0.3) is 0 Å². The van der Waals surface area contributed by atoms with E-state index in [2.05, 4.69) is 4.98 Å². The normalized spacial score (nSPS) is 19.8. The number of pyridine rings is 1. The van der Waals surface area contributed by atoms with E-state index in [4.69, 9.17) is 0 Å². The molecule has 1 fully saturated rings. The standard InChI is InChI=1S/C11H15NOS/c13-11(5-1-2-6-11)9-14-10-3-7-12-8-4-10/h3-4,7-8,13H,1-2,5-6,9H2. The maximum absolute atomic E-state index is 10.1. The summed E-state index contributed by atoms with van der Waals surface area (Å²) >= 11 is 1.73. The van der Waals surface area contributed by atoms with E-state index in [1.54, 1.807) is 24.2 Å². The average Bonchev–Trinajstić information content (AvgIpc) is 2.65. The first-order chi connectivity index (χ1) is 6.79. The Balaban J connectivity index is 1.88. The monoisotopic (exact) mass is 209 g/mol. The third-order valence-electron chi connectivity index (χ3n) is 2.69. The van der Waals surface area contributed by atoms with Crippen LogP contribution in [0, 0.1) is 0 Å². The Hall–Kier alpha value is -0.540. The molecule has 0 radical (unpaired) electrons. The first kappa shape index (κ1) is 9.99. The van der Waals surface area contributed by atoms with Crippen LogP contribution in [0.1, 0.15) is 25.7 Å². The topological polar surface area (TPSA) is 33.1 Å². The van der Waals surface area contributed by atoms with Crippen LogP contribution in [0.5, 0.6) is 0 Å². The number of nitrogens with zero attached hydrogens (tertiary/aromatic N) is 1. The molecule has 1 aliphatic rings. The highest BCUT2D eigenvalue weighted by atomic mass is 32.2. The van der Waals surface area contributed by atoms with Gasteiger partial charge in [-0.1, -0.05) is 12.8 Å². The summed E-state index contributed by atoms with van der Waals surface area (Å²) in [5.74, 6) is 0.816. The van der Waals surface area contributed by atoms with Crippen molar-refractivity contribution in [2.45, 2.75) is 36.2 Å². The minimum absolute atomic E-state index is 0.409. The summed E-state index contributed by atoms with van der Waals surface area (Å²) in [6, 6.07) is 3.98. The predicted molar refractivity (Wildman–Crippen MR) is 58.4 cm³/mol. The molecule has 0 saturated heterocycles. The highest BCUT2D eigenvalue weighted by Gasteiger charge is 2.30. The zero-order valence-corrected chi connectivity index (χ0v) is 8.96. The molecule has 14 heavy (non-hydrogen) atoms. The molecule has 1 N–H and O–H groups in total. The van der Waals surface area contributed by atoms with E-state index in [1.165, 1.54) is 17.7 Å². The number of aromatic nitrogens is 1. The van der Waals surface area contributed by atoms with Crippen LogP contribution in [0.15, 0.2) is 29.4 Å². The van der Waals surface area contributed by atoms with E-state index in [-0.39, 0.29) is 0 Å². The fraction of sp³-hybridized carbons (Fsp3) is 0.545. The molecule has 0 bridgehead atoms. The molecule has 76 valence electrons. The number of hydrogen-bond donors (Lipinski definition) is 1. The van der Waals surface area contributed by atoms with E-state index >= 15 is 0 Å². The summed E-state index contributed by atoms with van der Waals surface area (Å²) < 4.78 is 0. The third kappa shape index (κ3) is 2.49. The van der Waals surface area contributed by atoms with Crippen molar-refractivity contribution < 1.29 is 5.11 Å². The van der Waals surface area contributed by atoms with Gasteiger partial charge in [-0.05, 0) is 25.0 Å². The van der Waals surface area contributed by atoms with Gasteiger partial charge in [0.25, 0.3) is 0 Å². The van der Waals surface area contributed by atoms with Crippen molar-refractivity contribution in [3.05, 3.63) is 24.5 Å². The molecular formula is C11H15NOS. The van der Waals surface area contributed by atoms with Gasteiger partial charge < -0.3 is 5.11 Å². The van der Waals surface area contributed by atoms with Crippen molar-refractivity contribution >= 4 is 11.8 Å². The predicted octanol–water partition coefficient (Wildman–Crippen LogP) is 2.48. The fourth-order valence-electron chi connectivity index (χ4n) is 1.83. The van der Waals surface area contributed by atoms with Crippen LogP contribution in [-0.2, 0) is 0 Å². The fourth-order valence-corrected chi connectivity index (χ4v) is 2.87. The van der Waals surface area contributed by atoms with Crippen LogP contribution >= 0.6 is 11.8 Å². The van der Waals surface area contributed by atoms with Crippen LogP contribution < -0.4 is 0 Å². The van der Waals surface area contributed by atoms with Crippen molar-refractivity contribution in [2.75, 3.05) is 5.75 Å². The Morgan fingerprint density at radius 3 is 2.57 bits per heavy atom. The molecule has 1 saturated carbocycles. The first-order valence-electron chi connectivity index (χ1n) is 5.04. The molecule has 1 aromatic heterocycles. The molecule has 0 atom stereocenters. The van der Waals surface area contributed by atoms with Gasteiger partial charge in [0.05, 0.1) is 5.60 Å². The largest absolute Gasteiger partial charge is 0.389 e. The molecule has 2 nitrogen and oxygen atoms in total. The average molecular weight is 209 g/mol. The Morgan fingerprint density at radius 1 is 1.29 bits per heavy atom. The van der Waals surface area contributed by atoms with Gasteiger partial charge in [-0.2, -0.15) is 0 Å². The van der Waals surface area contributed by atoms with E-state index in [9.17, 15) is 5.11 Å². The smallest absolute Gasteiger partial charge is 0.0741 e. The lowest BCUT2D eigenvalue weighted by Crippen LogP contribution is -2.26. The minimum atomic E-state index is -0.409. The summed E-state index contributed by atoms with van der Waals surface area (Å²) in [7, 11) is 0. The molecule has 0 unspecified atom stereocenters. The minimum Gasteiger partial charge on any atom is -0.389 e. The van der Waals surface area contributed by atoms with Crippen LogP contribution in [0.3, 0.4) is 0 Å². The van der Waals surface area contributed by atoms with Gasteiger partial charge in [-0.25, -0.2) is 0 Å². The maximum Gasteiger partial charge on any atom is 0.0741 e. The van der Waals surface area contributed by atoms with Gasteiger partial charge in [0.1, 0.15) is 0 Å². The van der Waals surface area contributed by atoms with E-state index < -0.39 is 5.60 Å². The number of aliphatic hydroxyl groups is 1. The maximum atomic E-state index is 10.1. The van der Waals surface area contributed by atoms with Crippen molar-refractivity contribution in [1.29, 1.82) is 0 Å². The lowest BCUT2D eigenvalue weighted by molar-refractivity contribution is 0.0732. The van der Waals surface area contributed by atoms with Crippen molar-refractivity contribution in [1.82, 2.24) is 4.98 Å². The molecule has 2 rings (SSSR count). The second kappa shape index (κ2) is 4.32. The number of rotatable bonds is 3. The Morgan fingerprint density at radius 2 is 1.93 bits per heavy atom. The summed E-state index contributed by atoms with van der Waals surface area (Å²) in [6.07, 6.45) is 7.86. The lowest BCUT2D eigenvalue weighted by atomic mass is 10.1. The Labute approximate surface area is 88.8 Å².